The number of nitrogens with two attached hydrogens (primary N) is 1. The third-order valence-corrected chi connectivity index (χ3v) is 3.04. The van der Waals surface area contributed by atoms with Crippen LogP contribution in [0.15, 0.2) is 39.7 Å². The molecule has 0 aliphatic rings. The standard InChI is InChI=1S/C11H8Br2N4O/c12-8-5-15-10(9(13)16-8)17-11(18)6-1-3-7(14)4-2-6/h1-5H,14H2,(H,15,17,18). The molecule has 0 radical (unpaired) electrons. The molecular formula is C11H8Br2N4O. The summed E-state index contributed by atoms with van der Waals surface area (Å²) >= 11 is 6.41. The molecule has 1 amide bonds. The third kappa shape index (κ3) is 3.05. The number of carbonyl (C=O) groups is 1. The zero-order chi connectivity index (χ0) is 13.1. The topological polar surface area (TPSA) is 80.9 Å². The monoisotopic (exact) mass is 370 g/mol. The molecule has 3 N–H and O–H groups in total. The number of hydrogen-bond acceptors (Lipinski definition) is 4. The Morgan fingerprint density at radius 1 is 1.22 bits per heavy atom. The van der Waals surface area contributed by atoms with Crippen LogP contribution in [0.1, 0.15) is 10.4 Å². The number of rotatable bonds is 2. The highest BCUT2D eigenvalue weighted by Gasteiger charge is 2.10. The first-order chi connectivity index (χ1) is 8.56. The first-order valence-corrected chi connectivity index (χ1v) is 6.50. The summed E-state index contributed by atoms with van der Waals surface area (Å²) in [5, 5.41) is 2.65. The van der Waals surface area contributed by atoms with Crippen molar-refractivity contribution >= 4 is 49.3 Å². The number of amides is 1. The van der Waals surface area contributed by atoms with Crippen LogP contribution in [-0.2, 0) is 0 Å². The maximum absolute atomic E-state index is 11.9. The van der Waals surface area contributed by atoms with E-state index in [4.69, 9.17) is 5.73 Å². The summed E-state index contributed by atoms with van der Waals surface area (Å²) in [7, 11) is 0. The van der Waals surface area contributed by atoms with Crippen molar-refractivity contribution in [2.45, 2.75) is 0 Å². The molecule has 0 spiro atoms. The van der Waals surface area contributed by atoms with Gasteiger partial charge in [0.2, 0.25) is 0 Å². The fourth-order valence-electron chi connectivity index (χ4n) is 1.24. The molecule has 18 heavy (non-hydrogen) atoms. The van der Waals surface area contributed by atoms with E-state index in [1.54, 1.807) is 24.3 Å². The molecule has 0 aliphatic heterocycles. The highest BCUT2D eigenvalue weighted by Crippen LogP contribution is 2.20. The Kier molecular flexibility index (Phi) is 3.93. The highest BCUT2D eigenvalue weighted by molar-refractivity contribution is 9.11. The molecule has 0 bridgehead atoms. The average Bonchev–Trinajstić information content (AvgIpc) is 2.33. The van der Waals surface area contributed by atoms with Crippen LogP contribution in [0.5, 0.6) is 0 Å². The molecule has 0 saturated heterocycles. The van der Waals surface area contributed by atoms with Gasteiger partial charge in [0.15, 0.2) is 5.82 Å². The Labute approximate surface area is 120 Å². The van der Waals surface area contributed by atoms with Gasteiger partial charge in [0.05, 0.1) is 6.20 Å². The first-order valence-electron chi connectivity index (χ1n) is 4.91. The fourth-order valence-corrected chi connectivity index (χ4v) is 2.15. The molecule has 92 valence electrons. The van der Waals surface area contributed by atoms with Gasteiger partial charge in [0.25, 0.3) is 5.91 Å². The van der Waals surface area contributed by atoms with Gasteiger partial charge in [-0.2, -0.15) is 0 Å². The molecule has 1 heterocycles. The predicted molar refractivity (Wildman–Crippen MR) is 76.2 cm³/mol. The van der Waals surface area contributed by atoms with Gasteiger partial charge in [-0.15, -0.1) is 0 Å². The van der Waals surface area contributed by atoms with E-state index in [9.17, 15) is 4.79 Å². The number of carbonyl (C=O) groups excluding carboxylic acids is 1. The molecule has 0 fully saturated rings. The second-order valence-corrected chi connectivity index (χ2v) is 4.97. The molecule has 0 atom stereocenters. The minimum atomic E-state index is -0.271. The van der Waals surface area contributed by atoms with Crippen LogP contribution >= 0.6 is 31.9 Å². The van der Waals surface area contributed by atoms with E-state index in [-0.39, 0.29) is 5.91 Å². The van der Waals surface area contributed by atoms with E-state index in [1.165, 1.54) is 6.20 Å². The van der Waals surface area contributed by atoms with E-state index >= 15 is 0 Å². The van der Waals surface area contributed by atoms with E-state index < -0.39 is 0 Å². The summed E-state index contributed by atoms with van der Waals surface area (Å²) in [5.41, 5.74) is 6.66. The molecule has 2 rings (SSSR count). The lowest BCUT2D eigenvalue weighted by Crippen LogP contribution is -2.13. The highest BCUT2D eigenvalue weighted by atomic mass is 79.9. The van der Waals surface area contributed by atoms with Crippen molar-refractivity contribution in [2.24, 2.45) is 0 Å². The molecule has 0 aliphatic carbocycles. The number of nitrogen functional groups attached to an aromatic ring is 1. The van der Waals surface area contributed by atoms with Crippen LogP contribution in [0.25, 0.3) is 0 Å². The predicted octanol–water partition coefficient (Wildman–Crippen LogP) is 2.84. The van der Waals surface area contributed by atoms with Gasteiger partial charge in [-0.3, -0.25) is 4.79 Å². The number of aromatic nitrogens is 2. The fraction of sp³-hybridized carbons (Fsp3) is 0. The SMILES string of the molecule is Nc1ccc(C(=O)Nc2ncc(Br)nc2Br)cc1. The minimum absolute atomic E-state index is 0.271. The summed E-state index contributed by atoms with van der Waals surface area (Å²) in [6.07, 6.45) is 1.50. The Bertz CT molecular complexity index is 586. The Morgan fingerprint density at radius 3 is 2.50 bits per heavy atom. The average molecular weight is 372 g/mol. The van der Waals surface area contributed by atoms with Crippen LogP contribution < -0.4 is 11.1 Å². The van der Waals surface area contributed by atoms with Gasteiger partial charge in [-0.25, -0.2) is 9.97 Å². The van der Waals surface area contributed by atoms with E-state index in [1.807, 2.05) is 0 Å². The van der Waals surface area contributed by atoms with E-state index in [0.29, 0.717) is 26.3 Å². The smallest absolute Gasteiger partial charge is 0.256 e. The zero-order valence-corrected chi connectivity index (χ0v) is 12.2. The van der Waals surface area contributed by atoms with Crippen LogP contribution in [0.3, 0.4) is 0 Å². The van der Waals surface area contributed by atoms with Gasteiger partial charge >= 0.3 is 0 Å². The maximum Gasteiger partial charge on any atom is 0.256 e. The van der Waals surface area contributed by atoms with Crippen molar-refractivity contribution in [3.8, 4) is 0 Å². The van der Waals surface area contributed by atoms with Gasteiger partial charge in [-0.05, 0) is 56.1 Å². The van der Waals surface area contributed by atoms with Crippen LogP contribution in [-0.4, -0.2) is 15.9 Å². The van der Waals surface area contributed by atoms with Crippen LogP contribution in [0.2, 0.25) is 0 Å². The lowest BCUT2D eigenvalue weighted by atomic mass is 10.2. The Morgan fingerprint density at radius 2 is 1.89 bits per heavy atom. The second kappa shape index (κ2) is 5.45. The number of nitrogens with zero attached hydrogens (tertiary/aromatic N) is 2. The Balaban J connectivity index is 2.18. The van der Waals surface area contributed by atoms with E-state index in [2.05, 4.69) is 47.1 Å². The molecule has 1 aromatic heterocycles. The Hall–Kier alpha value is -1.47. The first kappa shape index (κ1) is 13.0. The molecule has 5 nitrogen and oxygen atoms in total. The molecular weight excluding hydrogens is 364 g/mol. The summed E-state index contributed by atoms with van der Waals surface area (Å²) in [6.45, 7) is 0. The van der Waals surface area contributed by atoms with Crippen molar-refractivity contribution in [1.29, 1.82) is 0 Å². The van der Waals surface area contributed by atoms with Crippen molar-refractivity contribution in [3.63, 3.8) is 0 Å². The largest absolute Gasteiger partial charge is 0.399 e. The second-order valence-electron chi connectivity index (χ2n) is 3.41. The molecule has 7 heteroatoms. The molecule has 2 aromatic rings. The molecule has 1 aromatic carbocycles. The van der Waals surface area contributed by atoms with Crippen LogP contribution in [0.4, 0.5) is 11.5 Å². The summed E-state index contributed by atoms with van der Waals surface area (Å²) in [5.74, 6) is 0.0901. The quantitative estimate of drug-likeness (QED) is 0.795. The number of nitrogens with one attached hydrogen (secondary N) is 1. The maximum atomic E-state index is 11.9. The number of anilines is 2. The lowest BCUT2D eigenvalue weighted by Gasteiger charge is -2.06. The van der Waals surface area contributed by atoms with E-state index in [0.717, 1.165) is 0 Å². The lowest BCUT2D eigenvalue weighted by molar-refractivity contribution is 0.102. The van der Waals surface area contributed by atoms with Crippen molar-refractivity contribution in [1.82, 2.24) is 9.97 Å². The van der Waals surface area contributed by atoms with Gasteiger partial charge in [0, 0.05) is 11.3 Å². The molecule has 0 saturated carbocycles. The summed E-state index contributed by atoms with van der Waals surface area (Å²) < 4.78 is 1.04. The van der Waals surface area contributed by atoms with Gasteiger partial charge in [0.1, 0.15) is 9.21 Å². The number of benzene rings is 1. The summed E-state index contributed by atoms with van der Waals surface area (Å²) in [6, 6.07) is 6.62. The van der Waals surface area contributed by atoms with Crippen molar-refractivity contribution in [3.05, 3.63) is 45.2 Å². The normalized spacial score (nSPS) is 10.1. The minimum Gasteiger partial charge on any atom is -0.399 e. The van der Waals surface area contributed by atoms with Gasteiger partial charge in [-0.1, -0.05) is 0 Å². The molecule has 0 unspecified atom stereocenters. The van der Waals surface area contributed by atoms with Crippen molar-refractivity contribution < 1.29 is 4.79 Å². The van der Waals surface area contributed by atoms with Crippen LogP contribution in [0, 0.1) is 0 Å². The van der Waals surface area contributed by atoms with Crippen molar-refractivity contribution in [2.75, 3.05) is 11.1 Å². The third-order valence-electron chi connectivity index (χ3n) is 2.11. The summed E-state index contributed by atoms with van der Waals surface area (Å²) in [4.78, 5) is 20.0. The zero-order valence-electron chi connectivity index (χ0n) is 9.02. The number of halogens is 2. The number of hydrogen-bond donors (Lipinski definition) is 2. The van der Waals surface area contributed by atoms with Gasteiger partial charge < -0.3 is 11.1 Å².